The largest absolute Gasteiger partial charge is 0.323 e. The first-order valence-corrected chi connectivity index (χ1v) is 3.51. The standard InChI is InChI=1S/C7H5ClFNO2/c1-4-2-3-5(8)7(6(4)9)10(11)12/h2-3H,1H3. The van der Waals surface area contributed by atoms with Crippen LogP contribution < -0.4 is 0 Å². The molecule has 0 amide bonds. The monoisotopic (exact) mass is 189 g/mol. The van der Waals surface area contributed by atoms with Crippen LogP contribution in [0.5, 0.6) is 0 Å². The van der Waals surface area contributed by atoms with E-state index in [1.807, 2.05) is 0 Å². The molecule has 0 aromatic heterocycles. The Bertz CT molecular complexity index is 340. The molecule has 5 heteroatoms. The third kappa shape index (κ3) is 1.38. The number of hydrogen-bond donors (Lipinski definition) is 0. The fourth-order valence-corrected chi connectivity index (χ4v) is 1.02. The number of nitro benzene ring substituents is 1. The SMILES string of the molecule is Cc1ccc(Cl)c([N+](=O)[O-])c1F. The van der Waals surface area contributed by atoms with Crippen LogP contribution in [-0.4, -0.2) is 4.92 Å². The summed E-state index contributed by atoms with van der Waals surface area (Å²) in [5.41, 5.74) is -0.442. The van der Waals surface area contributed by atoms with Gasteiger partial charge in [0.05, 0.1) is 4.92 Å². The molecule has 0 unspecified atom stereocenters. The molecule has 0 radical (unpaired) electrons. The molecule has 64 valence electrons. The minimum Gasteiger partial charge on any atom is -0.258 e. The molecule has 1 rings (SSSR count). The summed E-state index contributed by atoms with van der Waals surface area (Å²) in [6.45, 7) is 1.44. The number of rotatable bonds is 1. The molecule has 0 bridgehead atoms. The average molecular weight is 190 g/mol. The van der Waals surface area contributed by atoms with Gasteiger partial charge in [0.1, 0.15) is 5.02 Å². The lowest BCUT2D eigenvalue weighted by molar-refractivity contribution is -0.387. The van der Waals surface area contributed by atoms with E-state index in [0.29, 0.717) is 0 Å². The fraction of sp³-hybridized carbons (Fsp3) is 0.143. The van der Waals surface area contributed by atoms with E-state index in [0.717, 1.165) is 0 Å². The van der Waals surface area contributed by atoms with Crippen molar-refractivity contribution in [1.29, 1.82) is 0 Å². The highest BCUT2D eigenvalue weighted by molar-refractivity contribution is 6.32. The first kappa shape index (κ1) is 8.93. The third-order valence-electron chi connectivity index (χ3n) is 1.44. The van der Waals surface area contributed by atoms with Crippen molar-refractivity contribution in [3.05, 3.63) is 38.7 Å². The Morgan fingerprint density at radius 3 is 2.58 bits per heavy atom. The summed E-state index contributed by atoms with van der Waals surface area (Å²) in [6.07, 6.45) is 0. The molecular weight excluding hydrogens is 185 g/mol. The van der Waals surface area contributed by atoms with Gasteiger partial charge >= 0.3 is 5.69 Å². The van der Waals surface area contributed by atoms with Gasteiger partial charge in [-0.25, -0.2) is 0 Å². The van der Waals surface area contributed by atoms with E-state index in [4.69, 9.17) is 11.6 Å². The molecule has 0 saturated carbocycles. The average Bonchev–Trinajstić information content (AvgIpc) is 1.97. The summed E-state index contributed by atoms with van der Waals surface area (Å²) in [4.78, 5) is 9.45. The van der Waals surface area contributed by atoms with Gasteiger partial charge in [-0.3, -0.25) is 10.1 Å². The predicted molar refractivity (Wildman–Crippen MR) is 42.8 cm³/mol. The summed E-state index contributed by atoms with van der Waals surface area (Å²) in [7, 11) is 0. The third-order valence-corrected chi connectivity index (χ3v) is 1.75. The number of benzene rings is 1. The van der Waals surface area contributed by atoms with Gasteiger partial charge in [-0.05, 0) is 18.6 Å². The van der Waals surface area contributed by atoms with E-state index in [1.54, 1.807) is 0 Å². The van der Waals surface area contributed by atoms with Crippen molar-refractivity contribution in [1.82, 2.24) is 0 Å². The lowest BCUT2D eigenvalue weighted by atomic mass is 10.2. The second-order valence-electron chi connectivity index (χ2n) is 2.28. The number of nitro groups is 1. The van der Waals surface area contributed by atoms with Gasteiger partial charge < -0.3 is 0 Å². The molecule has 12 heavy (non-hydrogen) atoms. The second-order valence-corrected chi connectivity index (χ2v) is 2.69. The van der Waals surface area contributed by atoms with Gasteiger partial charge in [0, 0.05) is 0 Å². The van der Waals surface area contributed by atoms with Crippen LogP contribution in [0.1, 0.15) is 5.56 Å². The molecule has 0 saturated heterocycles. The topological polar surface area (TPSA) is 43.1 Å². The Morgan fingerprint density at radius 1 is 1.58 bits per heavy atom. The summed E-state index contributed by atoms with van der Waals surface area (Å²) in [5, 5.41) is 10.1. The molecule has 0 aliphatic heterocycles. The van der Waals surface area contributed by atoms with Crippen molar-refractivity contribution < 1.29 is 9.31 Å². The molecule has 1 aromatic rings. The van der Waals surface area contributed by atoms with E-state index in [1.165, 1.54) is 19.1 Å². The van der Waals surface area contributed by atoms with Gasteiger partial charge in [0.15, 0.2) is 0 Å². The van der Waals surface area contributed by atoms with Crippen molar-refractivity contribution in [3.63, 3.8) is 0 Å². The zero-order chi connectivity index (χ0) is 9.30. The zero-order valence-corrected chi connectivity index (χ0v) is 6.93. The van der Waals surface area contributed by atoms with Gasteiger partial charge in [-0.15, -0.1) is 0 Å². The Balaban J connectivity index is 3.43. The highest BCUT2D eigenvalue weighted by atomic mass is 35.5. The fourth-order valence-electron chi connectivity index (χ4n) is 0.809. The molecule has 0 aliphatic rings. The molecule has 0 spiro atoms. The quantitative estimate of drug-likeness (QED) is 0.504. The molecule has 0 atom stereocenters. The van der Waals surface area contributed by atoms with E-state index in [-0.39, 0.29) is 10.6 Å². The van der Waals surface area contributed by atoms with Crippen molar-refractivity contribution in [2.75, 3.05) is 0 Å². The molecule has 0 aliphatic carbocycles. The highest BCUT2D eigenvalue weighted by Gasteiger charge is 2.20. The Morgan fingerprint density at radius 2 is 2.17 bits per heavy atom. The predicted octanol–water partition coefficient (Wildman–Crippen LogP) is 2.70. The van der Waals surface area contributed by atoms with E-state index >= 15 is 0 Å². The number of hydrogen-bond acceptors (Lipinski definition) is 2. The second kappa shape index (κ2) is 3.06. The van der Waals surface area contributed by atoms with Crippen LogP contribution in [0, 0.1) is 22.9 Å². The van der Waals surface area contributed by atoms with Gasteiger partial charge in [0.2, 0.25) is 5.82 Å². The summed E-state index contributed by atoms with van der Waals surface area (Å²) in [6, 6.07) is 2.70. The van der Waals surface area contributed by atoms with Gasteiger partial charge in [-0.2, -0.15) is 4.39 Å². The minimum absolute atomic E-state index is 0.178. The lowest BCUT2D eigenvalue weighted by Crippen LogP contribution is -1.95. The first-order valence-electron chi connectivity index (χ1n) is 3.13. The Labute approximate surface area is 72.9 Å². The van der Waals surface area contributed by atoms with Crippen LogP contribution in [0.25, 0.3) is 0 Å². The normalized spacial score (nSPS) is 9.92. The summed E-state index contributed by atoms with van der Waals surface area (Å²) < 4.78 is 13.0. The molecule has 0 fully saturated rings. The van der Waals surface area contributed by atoms with E-state index in [9.17, 15) is 14.5 Å². The van der Waals surface area contributed by atoms with Crippen LogP contribution in [0.15, 0.2) is 12.1 Å². The maximum absolute atomic E-state index is 13.0. The van der Waals surface area contributed by atoms with Crippen LogP contribution in [-0.2, 0) is 0 Å². The summed E-state index contributed by atoms with van der Waals surface area (Å²) >= 11 is 5.41. The molecule has 3 nitrogen and oxygen atoms in total. The van der Waals surface area contributed by atoms with E-state index in [2.05, 4.69) is 0 Å². The van der Waals surface area contributed by atoms with Crippen molar-refractivity contribution in [2.45, 2.75) is 6.92 Å². The van der Waals surface area contributed by atoms with Crippen molar-refractivity contribution >= 4 is 17.3 Å². The number of aryl methyl sites for hydroxylation is 1. The van der Waals surface area contributed by atoms with Crippen LogP contribution in [0.3, 0.4) is 0 Å². The van der Waals surface area contributed by atoms with Gasteiger partial charge in [0.25, 0.3) is 0 Å². The molecule has 0 N–H and O–H groups in total. The highest BCUT2D eigenvalue weighted by Crippen LogP contribution is 2.28. The van der Waals surface area contributed by atoms with Gasteiger partial charge in [-0.1, -0.05) is 17.7 Å². The smallest absolute Gasteiger partial charge is 0.258 e. The van der Waals surface area contributed by atoms with Crippen LogP contribution in [0.4, 0.5) is 10.1 Å². The Hall–Kier alpha value is -1.16. The lowest BCUT2D eigenvalue weighted by Gasteiger charge is -1.98. The number of nitrogens with zero attached hydrogens (tertiary/aromatic N) is 1. The van der Waals surface area contributed by atoms with Crippen LogP contribution >= 0.6 is 11.6 Å². The molecular formula is C7H5ClFNO2. The van der Waals surface area contributed by atoms with Crippen LogP contribution in [0.2, 0.25) is 5.02 Å². The maximum atomic E-state index is 13.0. The number of halogens is 2. The molecule has 1 aromatic carbocycles. The summed E-state index contributed by atoms with van der Waals surface area (Å²) in [5.74, 6) is -0.868. The first-order chi connectivity index (χ1) is 5.54. The molecule has 0 heterocycles. The van der Waals surface area contributed by atoms with Crippen molar-refractivity contribution in [3.8, 4) is 0 Å². The van der Waals surface area contributed by atoms with E-state index < -0.39 is 16.4 Å². The maximum Gasteiger partial charge on any atom is 0.323 e. The Kier molecular flexibility index (Phi) is 2.28. The van der Waals surface area contributed by atoms with Crippen molar-refractivity contribution in [2.24, 2.45) is 0 Å². The zero-order valence-electron chi connectivity index (χ0n) is 6.17. The minimum atomic E-state index is -0.868.